The molecule has 16 heavy (non-hydrogen) atoms. The fraction of sp³-hybridized carbons (Fsp3) is 0.778. The van der Waals surface area contributed by atoms with Gasteiger partial charge in [0.05, 0.1) is 0 Å². The highest BCUT2D eigenvalue weighted by Gasteiger charge is 2.20. The van der Waals surface area contributed by atoms with Gasteiger partial charge in [0.1, 0.15) is 11.0 Å². The van der Waals surface area contributed by atoms with E-state index in [0.717, 1.165) is 0 Å². The van der Waals surface area contributed by atoms with E-state index in [1.807, 2.05) is 0 Å². The van der Waals surface area contributed by atoms with Crippen molar-refractivity contribution in [3.63, 3.8) is 0 Å². The molecule has 7 heteroatoms. The van der Waals surface area contributed by atoms with Gasteiger partial charge in [0.15, 0.2) is 0 Å². The van der Waals surface area contributed by atoms with Gasteiger partial charge < -0.3 is 15.2 Å². The molecule has 0 spiro atoms. The summed E-state index contributed by atoms with van der Waals surface area (Å²) in [5.41, 5.74) is 0. The normalized spacial score (nSPS) is 14.1. The Kier molecular flexibility index (Phi) is 7.74. The summed E-state index contributed by atoms with van der Waals surface area (Å²) in [6.07, 6.45) is 0.670. The SMILES string of the molecule is COCCCNC(=O)CS(=O)C(C)C(=O)O. The molecule has 0 radical (unpaired) electrons. The van der Waals surface area contributed by atoms with E-state index in [1.165, 1.54) is 6.92 Å². The van der Waals surface area contributed by atoms with Crippen LogP contribution in [-0.4, -0.2) is 52.5 Å². The lowest BCUT2D eigenvalue weighted by atomic mass is 10.4. The quantitative estimate of drug-likeness (QED) is 0.560. The molecule has 0 aliphatic heterocycles. The second-order valence-electron chi connectivity index (χ2n) is 3.20. The molecular weight excluding hydrogens is 234 g/mol. The number of carbonyl (C=O) groups is 2. The van der Waals surface area contributed by atoms with E-state index >= 15 is 0 Å². The summed E-state index contributed by atoms with van der Waals surface area (Å²) < 4.78 is 16.1. The molecular formula is C9H17NO5S. The zero-order valence-corrected chi connectivity index (χ0v) is 10.2. The number of methoxy groups -OCH3 is 1. The largest absolute Gasteiger partial charge is 0.480 e. The van der Waals surface area contributed by atoms with Crippen molar-refractivity contribution in [1.29, 1.82) is 0 Å². The Hall–Kier alpha value is -0.950. The first-order valence-electron chi connectivity index (χ1n) is 4.84. The van der Waals surface area contributed by atoms with E-state index in [2.05, 4.69) is 5.32 Å². The monoisotopic (exact) mass is 251 g/mol. The van der Waals surface area contributed by atoms with E-state index < -0.39 is 27.9 Å². The molecule has 0 rings (SSSR count). The summed E-state index contributed by atoms with van der Waals surface area (Å²) in [6.45, 7) is 2.29. The van der Waals surface area contributed by atoms with E-state index in [0.29, 0.717) is 19.6 Å². The summed E-state index contributed by atoms with van der Waals surface area (Å²) in [4.78, 5) is 21.7. The first-order valence-corrected chi connectivity index (χ1v) is 6.23. The van der Waals surface area contributed by atoms with Crippen molar-refractivity contribution in [2.45, 2.75) is 18.6 Å². The topological polar surface area (TPSA) is 92.7 Å². The number of carbonyl (C=O) groups excluding carboxylic acids is 1. The van der Waals surface area contributed by atoms with Gasteiger partial charge in [-0.3, -0.25) is 13.8 Å². The third kappa shape index (κ3) is 6.52. The maximum atomic E-state index is 11.3. The predicted molar refractivity (Wildman–Crippen MR) is 59.6 cm³/mol. The zero-order valence-electron chi connectivity index (χ0n) is 9.39. The number of ether oxygens (including phenoxy) is 1. The van der Waals surface area contributed by atoms with Crippen LogP contribution in [-0.2, 0) is 25.1 Å². The van der Waals surface area contributed by atoms with Gasteiger partial charge in [0.25, 0.3) is 0 Å². The maximum Gasteiger partial charge on any atom is 0.318 e. The smallest absolute Gasteiger partial charge is 0.318 e. The number of rotatable bonds is 8. The Bertz CT molecular complexity index is 269. The molecule has 0 aliphatic rings. The molecule has 2 N–H and O–H groups in total. The Morgan fingerprint density at radius 2 is 2.12 bits per heavy atom. The van der Waals surface area contributed by atoms with Gasteiger partial charge in [-0.25, -0.2) is 0 Å². The summed E-state index contributed by atoms with van der Waals surface area (Å²) >= 11 is 0. The molecule has 94 valence electrons. The molecule has 0 aromatic rings. The van der Waals surface area contributed by atoms with Gasteiger partial charge >= 0.3 is 5.97 Å². The molecule has 0 aromatic carbocycles. The van der Waals surface area contributed by atoms with Crippen LogP contribution in [0.2, 0.25) is 0 Å². The van der Waals surface area contributed by atoms with Gasteiger partial charge in [-0.05, 0) is 13.3 Å². The maximum absolute atomic E-state index is 11.3. The summed E-state index contributed by atoms with van der Waals surface area (Å²) in [7, 11) is -0.114. The van der Waals surface area contributed by atoms with Crippen LogP contribution < -0.4 is 5.32 Å². The lowest BCUT2D eigenvalue weighted by Crippen LogP contribution is -2.34. The van der Waals surface area contributed by atoms with Crippen LogP contribution in [0.4, 0.5) is 0 Å². The van der Waals surface area contributed by atoms with Crippen LogP contribution in [0.3, 0.4) is 0 Å². The number of nitrogens with one attached hydrogen (secondary N) is 1. The number of aliphatic carboxylic acids is 1. The number of amides is 1. The minimum Gasteiger partial charge on any atom is -0.480 e. The number of carboxylic acid groups (broad SMARTS) is 1. The standard InChI is InChI=1S/C9H17NO5S/c1-7(9(12)13)16(14)6-8(11)10-4-3-5-15-2/h7H,3-6H2,1-2H3,(H,10,11)(H,12,13). The molecule has 2 atom stereocenters. The Balaban J connectivity index is 3.79. The van der Waals surface area contributed by atoms with Crippen LogP contribution in [0.25, 0.3) is 0 Å². The van der Waals surface area contributed by atoms with Crippen LogP contribution in [0.5, 0.6) is 0 Å². The number of carboxylic acids is 1. The molecule has 0 heterocycles. The van der Waals surface area contributed by atoms with Gasteiger partial charge in [-0.2, -0.15) is 0 Å². The Labute approximate surface area is 96.8 Å². The van der Waals surface area contributed by atoms with Crippen LogP contribution in [0.1, 0.15) is 13.3 Å². The second-order valence-corrected chi connectivity index (χ2v) is 4.96. The highest BCUT2D eigenvalue weighted by molar-refractivity contribution is 7.87. The molecule has 0 fully saturated rings. The summed E-state index contributed by atoms with van der Waals surface area (Å²) in [5.74, 6) is -1.84. The van der Waals surface area contributed by atoms with Crippen molar-refractivity contribution in [2.75, 3.05) is 26.0 Å². The minimum absolute atomic E-state index is 0.277. The lowest BCUT2D eigenvalue weighted by Gasteiger charge is -2.07. The Morgan fingerprint density at radius 1 is 1.50 bits per heavy atom. The first kappa shape index (κ1) is 15.0. The van der Waals surface area contributed by atoms with Crippen molar-refractivity contribution in [3.8, 4) is 0 Å². The van der Waals surface area contributed by atoms with Gasteiger partial charge in [-0.1, -0.05) is 0 Å². The molecule has 6 nitrogen and oxygen atoms in total. The van der Waals surface area contributed by atoms with E-state index in [4.69, 9.17) is 9.84 Å². The second kappa shape index (κ2) is 8.23. The molecule has 0 saturated carbocycles. The van der Waals surface area contributed by atoms with Gasteiger partial charge in [0, 0.05) is 31.1 Å². The van der Waals surface area contributed by atoms with Crippen LogP contribution in [0.15, 0.2) is 0 Å². The highest BCUT2D eigenvalue weighted by atomic mass is 32.2. The fourth-order valence-electron chi connectivity index (χ4n) is 0.862. The van der Waals surface area contributed by atoms with Crippen molar-refractivity contribution in [2.24, 2.45) is 0 Å². The first-order chi connectivity index (χ1) is 7.49. The van der Waals surface area contributed by atoms with E-state index in [1.54, 1.807) is 7.11 Å². The lowest BCUT2D eigenvalue weighted by molar-refractivity contribution is -0.136. The molecule has 2 unspecified atom stereocenters. The van der Waals surface area contributed by atoms with E-state index in [-0.39, 0.29) is 5.75 Å². The summed E-state index contributed by atoms with van der Waals surface area (Å²) in [6, 6.07) is 0. The van der Waals surface area contributed by atoms with Crippen LogP contribution in [0, 0.1) is 0 Å². The van der Waals surface area contributed by atoms with Crippen molar-refractivity contribution < 1.29 is 23.6 Å². The molecule has 1 amide bonds. The van der Waals surface area contributed by atoms with Crippen LogP contribution >= 0.6 is 0 Å². The molecule has 0 bridgehead atoms. The predicted octanol–water partition coefficient (Wildman–Crippen LogP) is -0.639. The molecule has 0 saturated heterocycles. The zero-order chi connectivity index (χ0) is 12.6. The molecule has 0 aromatic heterocycles. The highest BCUT2D eigenvalue weighted by Crippen LogP contribution is 1.96. The van der Waals surface area contributed by atoms with Crippen molar-refractivity contribution >= 4 is 22.7 Å². The number of hydrogen-bond acceptors (Lipinski definition) is 4. The Morgan fingerprint density at radius 3 is 2.62 bits per heavy atom. The average Bonchev–Trinajstić information content (AvgIpc) is 2.23. The molecule has 0 aliphatic carbocycles. The van der Waals surface area contributed by atoms with Crippen molar-refractivity contribution in [3.05, 3.63) is 0 Å². The summed E-state index contributed by atoms with van der Waals surface area (Å²) in [5, 5.41) is 10.1. The van der Waals surface area contributed by atoms with Gasteiger partial charge in [-0.15, -0.1) is 0 Å². The third-order valence-electron chi connectivity index (χ3n) is 1.86. The number of hydrogen-bond donors (Lipinski definition) is 2. The van der Waals surface area contributed by atoms with E-state index in [9.17, 15) is 13.8 Å². The average molecular weight is 251 g/mol. The van der Waals surface area contributed by atoms with Crippen molar-refractivity contribution in [1.82, 2.24) is 5.32 Å². The fourth-order valence-corrected chi connectivity index (χ4v) is 1.70. The minimum atomic E-state index is -1.68. The van der Waals surface area contributed by atoms with Gasteiger partial charge in [0.2, 0.25) is 5.91 Å². The third-order valence-corrected chi connectivity index (χ3v) is 3.40.